The molecule has 0 aliphatic carbocycles. The van der Waals surface area contributed by atoms with E-state index >= 15 is 0 Å². The zero-order valence-corrected chi connectivity index (χ0v) is 14.3. The number of ether oxygens (including phenoxy) is 1. The van der Waals surface area contributed by atoms with Gasteiger partial charge in [0.25, 0.3) is 0 Å². The number of aromatic nitrogens is 3. The molecule has 1 atom stereocenters. The van der Waals surface area contributed by atoms with E-state index < -0.39 is 0 Å². The highest BCUT2D eigenvalue weighted by molar-refractivity contribution is 6.32. The van der Waals surface area contributed by atoms with Crippen molar-refractivity contribution in [1.29, 1.82) is 0 Å². The highest BCUT2D eigenvalue weighted by Gasteiger charge is 2.34. The normalized spacial score (nSPS) is 17.2. The summed E-state index contributed by atoms with van der Waals surface area (Å²) in [7, 11) is 0. The van der Waals surface area contributed by atoms with Crippen molar-refractivity contribution >= 4 is 23.2 Å². The summed E-state index contributed by atoms with van der Waals surface area (Å²) in [5.74, 6) is 0.786. The van der Waals surface area contributed by atoms with Gasteiger partial charge < -0.3 is 4.74 Å². The Balaban J connectivity index is 1.53. The van der Waals surface area contributed by atoms with Crippen LogP contribution in [0.3, 0.4) is 0 Å². The highest BCUT2D eigenvalue weighted by Crippen LogP contribution is 2.32. The molecular weight excluding hydrogens is 340 g/mol. The zero-order valence-electron chi connectivity index (χ0n) is 13.5. The first-order valence-electron chi connectivity index (χ1n) is 8.19. The molecule has 3 heterocycles. The maximum atomic E-state index is 12.6. The Morgan fingerprint density at radius 2 is 2.12 bits per heavy atom. The maximum Gasteiger partial charge on any atom is 0.410 e. The first-order chi connectivity index (χ1) is 12.2. The standard InChI is InChI=1S/C18H17ClN4O2/c19-16-15-11-21-17(22(15)10-8-20-16)14-7-4-9-23(14)18(24)25-12-13-5-2-1-3-6-13/h1-3,5-6,8,10-11,14H,4,7,9,12H2. The fourth-order valence-corrected chi connectivity index (χ4v) is 3.41. The summed E-state index contributed by atoms with van der Waals surface area (Å²) in [5.41, 5.74) is 1.71. The van der Waals surface area contributed by atoms with E-state index in [-0.39, 0.29) is 18.7 Å². The molecule has 1 aliphatic rings. The van der Waals surface area contributed by atoms with Gasteiger partial charge in [-0.15, -0.1) is 0 Å². The molecule has 1 fully saturated rings. The molecule has 128 valence electrons. The van der Waals surface area contributed by atoms with Crippen molar-refractivity contribution in [3.05, 3.63) is 65.5 Å². The molecule has 1 saturated heterocycles. The van der Waals surface area contributed by atoms with Crippen LogP contribution in [0.4, 0.5) is 4.79 Å². The molecule has 1 unspecified atom stereocenters. The molecular formula is C18H17ClN4O2. The molecule has 0 N–H and O–H groups in total. The van der Waals surface area contributed by atoms with Crippen LogP contribution in [0.2, 0.25) is 5.15 Å². The Morgan fingerprint density at radius 3 is 2.96 bits per heavy atom. The van der Waals surface area contributed by atoms with Gasteiger partial charge in [0.15, 0.2) is 5.15 Å². The second-order valence-electron chi connectivity index (χ2n) is 5.98. The van der Waals surface area contributed by atoms with E-state index in [0.717, 1.165) is 29.7 Å². The van der Waals surface area contributed by atoms with Gasteiger partial charge in [0.05, 0.1) is 12.2 Å². The summed E-state index contributed by atoms with van der Waals surface area (Å²) in [6.07, 6.45) is 6.58. The molecule has 7 heteroatoms. The summed E-state index contributed by atoms with van der Waals surface area (Å²) in [4.78, 5) is 22.8. The molecule has 2 aromatic heterocycles. The first-order valence-corrected chi connectivity index (χ1v) is 8.56. The minimum Gasteiger partial charge on any atom is -0.445 e. The molecule has 6 nitrogen and oxygen atoms in total. The van der Waals surface area contributed by atoms with E-state index in [9.17, 15) is 4.79 Å². The van der Waals surface area contributed by atoms with Crippen LogP contribution in [0, 0.1) is 0 Å². The zero-order chi connectivity index (χ0) is 17.2. The summed E-state index contributed by atoms with van der Waals surface area (Å²) >= 11 is 6.12. The van der Waals surface area contributed by atoms with E-state index in [1.165, 1.54) is 0 Å². The molecule has 0 saturated carbocycles. The number of hydrogen-bond donors (Lipinski definition) is 0. The molecule has 4 rings (SSSR count). The number of nitrogens with zero attached hydrogens (tertiary/aromatic N) is 4. The number of likely N-dealkylation sites (tertiary alicyclic amines) is 1. The van der Waals surface area contributed by atoms with E-state index in [4.69, 9.17) is 16.3 Å². The predicted molar refractivity (Wildman–Crippen MR) is 93.3 cm³/mol. The number of fused-ring (bicyclic) bond motifs is 1. The minimum absolute atomic E-state index is 0.121. The minimum atomic E-state index is -0.316. The van der Waals surface area contributed by atoms with Crippen molar-refractivity contribution in [3.63, 3.8) is 0 Å². The average Bonchev–Trinajstić information content (AvgIpc) is 3.27. The molecule has 3 aromatic rings. The third-order valence-corrected chi connectivity index (χ3v) is 4.72. The van der Waals surface area contributed by atoms with E-state index in [1.807, 2.05) is 40.9 Å². The van der Waals surface area contributed by atoms with Gasteiger partial charge in [-0.1, -0.05) is 41.9 Å². The number of imidazole rings is 1. The molecule has 25 heavy (non-hydrogen) atoms. The lowest BCUT2D eigenvalue weighted by atomic mass is 10.2. The van der Waals surface area contributed by atoms with Gasteiger partial charge in [0.2, 0.25) is 0 Å². The van der Waals surface area contributed by atoms with Crippen molar-refractivity contribution in [3.8, 4) is 0 Å². The van der Waals surface area contributed by atoms with Crippen LogP contribution in [0.15, 0.2) is 48.9 Å². The van der Waals surface area contributed by atoms with Gasteiger partial charge in [-0.05, 0) is 18.4 Å². The molecule has 1 aliphatic heterocycles. The topological polar surface area (TPSA) is 59.7 Å². The number of rotatable bonds is 3. The van der Waals surface area contributed by atoms with Crippen molar-refractivity contribution in [2.45, 2.75) is 25.5 Å². The van der Waals surface area contributed by atoms with Gasteiger partial charge >= 0.3 is 6.09 Å². The van der Waals surface area contributed by atoms with Gasteiger partial charge in [-0.2, -0.15) is 0 Å². The Morgan fingerprint density at radius 1 is 1.28 bits per heavy atom. The van der Waals surface area contributed by atoms with Gasteiger partial charge in [0.1, 0.15) is 17.9 Å². The third kappa shape index (κ3) is 3.05. The predicted octanol–water partition coefficient (Wildman–Crippen LogP) is 3.86. The quantitative estimate of drug-likeness (QED) is 0.715. The van der Waals surface area contributed by atoms with Crippen molar-refractivity contribution in [1.82, 2.24) is 19.3 Å². The third-order valence-electron chi connectivity index (χ3n) is 4.43. The monoisotopic (exact) mass is 356 g/mol. The largest absolute Gasteiger partial charge is 0.445 e. The summed E-state index contributed by atoms with van der Waals surface area (Å²) in [6, 6.07) is 9.54. The van der Waals surface area contributed by atoms with Crippen LogP contribution in [-0.4, -0.2) is 31.9 Å². The van der Waals surface area contributed by atoms with Gasteiger partial charge in [0, 0.05) is 18.9 Å². The van der Waals surface area contributed by atoms with Crippen LogP contribution < -0.4 is 0 Å². The Bertz CT molecular complexity index is 896. The summed E-state index contributed by atoms with van der Waals surface area (Å²) in [6.45, 7) is 0.924. The summed E-state index contributed by atoms with van der Waals surface area (Å²) < 4.78 is 7.38. The SMILES string of the molecule is O=C(OCc1ccccc1)N1CCCC1c1ncc2c(Cl)nccn12. The number of hydrogen-bond acceptors (Lipinski definition) is 4. The highest BCUT2D eigenvalue weighted by atomic mass is 35.5. The number of carbonyl (C=O) groups excluding carboxylic acids is 1. The molecule has 1 amide bonds. The summed E-state index contributed by atoms with van der Waals surface area (Å²) in [5, 5.41) is 0.400. The second-order valence-corrected chi connectivity index (χ2v) is 6.34. The number of halogens is 1. The van der Waals surface area contributed by atoms with Crippen LogP contribution >= 0.6 is 11.6 Å². The molecule has 0 spiro atoms. The van der Waals surface area contributed by atoms with E-state index in [1.54, 1.807) is 17.3 Å². The lowest BCUT2D eigenvalue weighted by Gasteiger charge is -2.23. The maximum absolute atomic E-state index is 12.6. The smallest absolute Gasteiger partial charge is 0.410 e. The lowest BCUT2D eigenvalue weighted by Crippen LogP contribution is -2.32. The Hall–Kier alpha value is -2.60. The molecule has 0 radical (unpaired) electrons. The average molecular weight is 357 g/mol. The van der Waals surface area contributed by atoms with Crippen molar-refractivity contribution in [2.24, 2.45) is 0 Å². The fraction of sp³-hybridized carbons (Fsp3) is 0.278. The Labute approximate surface area is 150 Å². The molecule has 1 aromatic carbocycles. The number of benzene rings is 1. The van der Waals surface area contributed by atoms with Crippen molar-refractivity contribution < 1.29 is 9.53 Å². The number of amides is 1. The Kier molecular flexibility index (Phi) is 4.28. The van der Waals surface area contributed by atoms with Crippen LogP contribution in [-0.2, 0) is 11.3 Å². The molecule has 0 bridgehead atoms. The van der Waals surface area contributed by atoms with E-state index in [0.29, 0.717) is 11.7 Å². The van der Waals surface area contributed by atoms with Crippen LogP contribution in [0.5, 0.6) is 0 Å². The van der Waals surface area contributed by atoms with Gasteiger partial charge in [-0.3, -0.25) is 9.30 Å². The van der Waals surface area contributed by atoms with Crippen molar-refractivity contribution in [2.75, 3.05) is 6.54 Å². The lowest BCUT2D eigenvalue weighted by molar-refractivity contribution is 0.0908. The van der Waals surface area contributed by atoms with Crippen LogP contribution in [0.25, 0.3) is 5.52 Å². The first kappa shape index (κ1) is 15.9. The van der Waals surface area contributed by atoms with Crippen LogP contribution in [0.1, 0.15) is 30.3 Å². The fourth-order valence-electron chi connectivity index (χ4n) is 3.22. The number of carbonyl (C=O) groups is 1. The second kappa shape index (κ2) is 6.72. The van der Waals surface area contributed by atoms with E-state index in [2.05, 4.69) is 9.97 Å². The van der Waals surface area contributed by atoms with Gasteiger partial charge in [-0.25, -0.2) is 14.8 Å².